The van der Waals surface area contributed by atoms with Crippen LogP contribution in [0.2, 0.25) is 0 Å². The molecule has 1 aliphatic rings. The summed E-state index contributed by atoms with van der Waals surface area (Å²) in [6.07, 6.45) is 5.59. The van der Waals surface area contributed by atoms with E-state index < -0.39 is 5.54 Å². The van der Waals surface area contributed by atoms with Crippen molar-refractivity contribution in [2.24, 2.45) is 0 Å². The van der Waals surface area contributed by atoms with Gasteiger partial charge in [-0.25, -0.2) is 4.39 Å². The number of methoxy groups -OCH3 is 1. The third-order valence-electron chi connectivity index (χ3n) is 6.22. The minimum absolute atomic E-state index is 0.0693. The fraction of sp³-hybridized carbons (Fsp3) is 0.346. The number of aromatic nitrogens is 2. The molecule has 7 nitrogen and oxygen atoms in total. The van der Waals surface area contributed by atoms with Crippen molar-refractivity contribution in [1.29, 1.82) is 0 Å². The summed E-state index contributed by atoms with van der Waals surface area (Å²) in [6, 6.07) is 14.7. The Labute approximate surface area is 198 Å². The topological polar surface area (TPSA) is 85.2 Å². The standard InChI is InChI=1S/C26H29FN4O3/c1-34-22-8-7-21(23(27)13-22)14-26(12-10-25(33)30-26)11-9-24(32)28-15-20-16-29-31(18-20)17-19-5-3-2-4-6-19/h2-8,13,16,18H,9-12,14-15,17H2,1H3,(H,28,32)(H,30,33)/t26-/m0/s1. The third kappa shape index (κ3) is 6.01. The Morgan fingerprint density at radius 2 is 2.06 bits per heavy atom. The Kier molecular flexibility index (Phi) is 7.25. The van der Waals surface area contributed by atoms with Gasteiger partial charge in [-0.2, -0.15) is 5.10 Å². The van der Waals surface area contributed by atoms with Gasteiger partial charge in [0.2, 0.25) is 11.8 Å². The molecule has 8 heteroatoms. The number of hydrogen-bond donors (Lipinski definition) is 2. The van der Waals surface area contributed by atoms with Crippen molar-refractivity contribution >= 4 is 11.8 Å². The van der Waals surface area contributed by atoms with E-state index >= 15 is 0 Å². The van der Waals surface area contributed by atoms with E-state index in [-0.39, 0.29) is 24.1 Å². The highest BCUT2D eigenvalue weighted by molar-refractivity contribution is 5.80. The van der Waals surface area contributed by atoms with Gasteiger partial charge in [0.1, 0.15) is 11.6 Å². The Hall–Kier alpha value is -3.68. The highest BCUT2D eigenvalue weighted by Crippen LogP contribution is 2.31. The van der Waals surface area contributed by atoms with E-state index in [0.29, 0.717) is 50.1 Å². The zero-order valence-electron chi connectivity index (χ0n) is 19.2. The summed E-state index contributed by atoms with van der Waals surface area (Å²) in [7, 11) is 1.49. The average Bonchev–Trinajstić information content (AvgIpc) is 3.44. The molecule has 34 heavy (non-hydrogen) atoms. The van der Waals surface area contributed by atoms with Crippen LogP contribution in [-0.2, 0) is 29.1 Å². The van der Waals surface area contributed by atoms with Crippen LogP contribution in [0.25, 0.3) is 0 Å². The number of nitrogens with one attached hydrogen (secondary N) is 2. The Bertz CT molecular complexity index is 1150. The molecule has 0 radical (unpaired) electrons. The van der Waals surface area contributed by atoms with E-state index in [4.69, 9.17) is 4.74 Å². The predicted molar refractivity (Wildman–Crippen MR) is 126 cm³/mol. The molecule has 0 spiro atoms. The van der Waals surface area contributed by atoms with Gasteiger partial charge in [-0.1, -0.05) is 36.4 Å². The fourth-order valence-electron chi connectivity index (χ4n) is 4.34. The highest BCUT2D eigenvalue weighted by atomic mass is 19.1. The van der Waals surface area contributed by atoms with Crippen molar-refractivity contribution in [2.45, 2.75) is 50.7 Å². The van der Waals surface area contributed by atoms with Crippen molar-refractivity contribution in [2.75, 3.05) is 7.11 Å². The summed E-state index contributed by atoms with van der Waals surface area (Å²) >= 11 is 0. The second-order valence-corrected chi connectivity index (χ2v) is 8.77. The van der Waals surface area contributed by atoms with Crippen LogP contribution < -0.4 is 15.4 Å². The summed E-state index contributed by atoms with van der Waals surface area (Å²) < 4.78 is 21.4. The van der Waals surface area contributed by atoms with Gasteiger partial charge in [-0.05, 0) is 36.5 Å². The normalized spacial score (nSPS) is 17.4. The second-order valence-electron chi connectivity index (χ2n) is 8.77. The molecule has 2 heterocycles. The number of nitrogens with zero attached hydrogens (tertiary/aromatic N) is 2. The van der Waals surface area contributed by atoms with Crippen molar-refractivity contribution in [3.8, 4) is 5.75 Å². The minimum atomic E-state index is -0.635. The maximum absolute atomic E-state index is 14.5. The number of hydrogen-bond acceptors (Lipinski definition) is 4. The monoisotopic (exact) mass is 464 g/mol. The van der Waals surface area contributed by atoms with Crippen molar-refractivity contribution in [1.82, 2.24) is 20.4 Å². The largest absolute Gasteiger partial charge is 0.497 e. The van der Waals surface area contributed by atoms with Crippen LogP contribution in [0.15, 0.2) is 60.9 Å². The van der Waals surface area contributed by atoms with E-state index in [1.807, 2.05) is 41.2 Å². The number of amides is 2. The third-order valence-corrected chi connectivity index (χ3v) is 6.22. The molecule has 0 saturated carbocycles. The molecule has 1 saturated heterocycles. The first-order valence-electron chi connectivity index (χ1n) is 11.4. The maximum Gasteiger partial charge on any atom is 0.220 e. The first-order chi connectivity index (χ1) is 16.4. The van der Waals surface area contributed by atoms with Gasteiger partial charge in [-0.3, -0.25) is 14.3 Å². The van der Waals surface area contributed by atoms with Crippen LogP contribution in [0.4, 0.5) is 4.39 Å². The van der Waals surface area contributed by atoms with Gasteiger partial charge in [0.05, 0.1) is 19.9 Å². The van der Waals surface area contributed by atoms with Crippen molar-refractivity contribution in [3.63, 3.8) is 0 Å². The molecule has 2 amide bonds. The van der Waals surface area contributed by atoms with E-state index in [2.05, 4.69) is 15.7 Å². The number of carbonyl (C=O) groups is 2. The quantitative estimate of drug-likeness (QED) is 0.482. The Morgan fingerprint density at radius 3 is 2.76 bits per heavy atom. The van der Waals surface area contributed by atoms with Crippen LogP contribution in [0.3, 0.4) is 0 Å². The van der Waals surface area contributed by atoms with Crippen molar-refractivity contribution < 1.29 is 18.7 Å². The molecule has 1 aromatic heterocycles. The smallest absolute Gasteiger partial charge is 0.220 e. The number of halogens is 1. The van der Waals surface area contributed by atoms with Crippen LogP contribution in [0, 0.1) is 5.82 Å². The molecule has 0 bridgehead atoms. The summed E-state index contributed by atoms with van der Waals surface area (Å²) in [5.74, 6) is -0.124. The lowest BCUT2D eigenvalue weighted by Gasteiger charge is -2.29. The average molecular weight is 465 g/mol. The maximum atomic E-state index is 14.5. The number of rotatable bonds is 10. The SMILES string of the molecule is COc1ccc(C[C@]2(CCC(=O)NCc3cnn(Cc4ccccc4)c3)CCC(=O)N2)c(F)c1. The molecule has 1 atom stereocenters. The summed E-state index contributed by atoms with van der Waals surface area (Å²) in [5, 5.41) is 10.3. The highest BCUT2D eigenvalue weighted by Gasteiger charge is 2.38. The molecule has 0 aliphatic carbocycles. The summed E-state index contributed by atoms with van der Waals surface area (Å²) in [4.78, 5) is 24.5. The number of ether oxygens (including phenoxy) is 1. The molecule has 1 fully saturated rings. The lowest BCUT2D eigenvalue weighted by molar-refractivity contribution is -0.122. The zero-order chi connectivity index (χ0) is 24.0. The van der Waals surface area contributed by atoms with Gasteiger partial charge in [0.15, 0.2) is 0 Å². The van der Waals surface area contributed by atoms with E-state index in [9.17, 15) is 14.0 Å². The summed E-state index contributed by atoms with van der Waals surface area (Å²) in [5.41, 5.74) is 1.92. The molecular formula is C26H29FN4O3. The van der Waals surface area contributed by atoms with Crippen LogP contribution in [0.1, 0.15) is 42.4 Å². The van der Waals surface area contributed by atoms with Gasteiger partial charge in [-0.15, -0.1) is 0 Å². The Morgan fingerprint density at radius 1 is 1.24 bits per heavy atom. The van der Waals surface area contributed by atoms with Gasteiger partial charge < -0.3 is 15.4 Å². The molecule has 1 aliphatic heterocycles. The molecule has 4 rings (SSSR count). The van der Waals surface area contributed by atoms with E-state index in [1.54, 1.807) is 18.3 Å². The van der Waals surface area contributed by atoms with Gasteiger partial charge in [0.25, 0.3) is 0 Å². The Balaban J connectivity index is 1.31. The second kappa shape index (κ2) is 10.5. The van der Waals surface area contributed by atoms with Crippen LogP contribution in [0.5, 0.6) is 5.75 Å². The zero-order valence-corrected chi connectivity index (χ0v) is 19.2. The molecule has 0 unspecified atom stereocenters. The van der Waals surface area contributed by atoms with Crippen molar-refractivity contribution in [3.05, 3.63) is 83.4 Å². The van der Waals surface area contributed by atoms with Crippen LogP contribution >= 0.6 is 0 Å². The van der Waals surface area contributed by atoms with Gasteiger partial charge in [0, 0.05) is 42.8 Å². The molecule has 2 aromatic carbocycles. The van der Waals surface area contributed by atoms with E-state index in [0.717, 1.165) is 11.1 Å². The lowest BCUT2D eigenvalue weighted by Crippen LogP contribution is -2.44. The number of carbonyl (C=O) groups excluding carboxylic acids is 2. The molecular weight excluding hydrogens is 435 g/mol. The number of benzene rings is 2. The molecule has 2 N–H and O–H groups in total. The summed E-state index contributed by atoms with van der Waals surface area (Å²) in [6.45, 7) is 1.04. The molecule has 178 valence electrons. The molecule has 3 aromatic rings. The lowest BCUT2D eigenvalue weighted by atomic mass is 9.84. The minimum Gasteiger partial charge on any atom is -0.497 e. The van der Waals surface area contributed by atoms with Crippen LogP contribution in [-0.4, -0.2) is 34.2 Å². The first-order valence-corrected chi connectivity index (χ1v) is 11.4. The fourth-order valence-corrected chi connectivity index (χ4v) is 4.34. The first kappa shape index (κ1) is 23.5. The van der Waals surface area contributed by atoms with Gasteiger partial charge >= 0.3 is 0 Å². The predicted octanol–water partition coefficient (Wildman–Crippen LogP) is 3.37. The van der Waals surface area contributed by atoms with E-state index in [1.165, 1.54) is 13.2 Å².